The van der Waals surface area contributed by atoms with Gasteiger partial charge in [0.05, 0.1) is 7.11 Å². The Hall–Kier alpha value is -3.36. The van der Waals surface area contributed by atoms with Gasteiger partial charge in [-0.25, -0.2) is 0 Å². The average molecular weight is 555 g/mol. The summed E-state index contributed by atoms with van der Waals surface area (Å²) in [5.74, 6) is 0.718. The molecule has 5 rings (SSSR count). The van der Waals surface area contributed by atoms with E-state index in [9.17, 15) is 18.0 Å². The molecule has 1 aliphatic heterocycles. The van der Waals surface area contributed by atoms with Crippen molar-refractivity contribution in [3.8, 4) is 11.5 Å². The first-order valence-corrected chi connectivity index (χ1v) is 14.2. The average Bonchev–Trinajstić information content (AvgIpc) is 2.89. The summed E-state index contributed by atoms with van der Waals surface area (Å²) in [6.07, 6.45) is 5.29. The molecule has 0 unspecified atom stereocenters. The number of hydrogen-bond donors (Lipinski definition) is 0. The van der Waals surface area contributed by atoms with Crippen LogP contribution in [0.2, 0.25) is 5.02 Å². The topological polar surface area (TPSA) is 96.0 Å². The number of methoxy groups -OCH3 is 1. The quantitative estimate of drug-likeness (QED) is 0.307. The lowest BCUT2D eigenvalue weighted by Crippen LogP contribution is -2.30. The van der Waals surface area contributed by atoms with Crippen molar-refractivity contribution in [1.82, 2.24) is 0 Å². The van der Waals surface area contributed by atoms with Crippen LogP contribution in [0.1, 0.15) is 55.6 Å². The van der Waals surface area contributed by atoms with Crippen LogP contribution in [-0.2, 0) is 30.9 Å². The number of benzene rings is 2. The highest BCUT2D eigenvalue weighted by Gasteiger charge is 2.42. The van der Waals surface area contributed by atoms with Gasteiger partial charge in [-0.15, -0.1) is 6.58 Å². The Kier molecular flexibility index (Phi) is 7.20. The zero-order valence-electron chi connectivity index (χ0n) is 20.9. The molecule has 0 fully saturated rings. The lowest BCUT2D eigenvalue weighted by Gasteiger charge is -2.36. The summed E-state index contributed by atoms with van der Waals surface area (Å²) in [5, 5.41) is 0.395. The monoisotopic (exact) mass is 554 g/mol. The highest BCUT2D eigenvalue weighted by Crippen LogP contribution is 2.49. The molecule has 2 aliphatic carbocycles. The van der Waals surface area contributed by atoms with Crippen LogP contribution < -0.4 is 8.92 Å². The van der Waals surface area contributed by atoms with Crippen molar-refractivity contribution in [2.75, 3.05) is 7.11 Å². The first-order chi connectivity index (χ1) is 18.2. The van der Waals surface area contributed by atoms with E-state index in [1.165, 1.54) is 31.4 Å². The van der Waals surface area contributed by atoms with E-state index in [4.69, 9.17) is 25.3 Å². The number of Topliss-reactive ketones (excluding diaryl/α,β-unsaturated/α-hetero) is 2. The van der Waals surface area contributed by atoms with E-state index in [2.05, 4.69) is 6.58 Å². The van der Waals surface area contributed by atoms with Gasteiger partial charge in [0, 0.05) is 53.3 Å². The first-order valence-electron chi connectivity index (χ1n) is 12.5. The molecule has 3 aliphatic rings. The molecule has 38 heavy (non-hydrogen) atoms. The number of carbonyl (C=O) groups excluding carboxylic acids is 2. The van der Waals surface area contributed by atoms with Crippen LogP contribution in [0.15, 0.2) is 76.6 Å². The lowest BCUT2D eigenvalue weighted by molar-refractivity contribution is -0.117. The predicted octanol–water partition coefficient (Wildman–Crippen LogP) is 5.97. The van der Waals surface area contributed by atoms with Gasteiger partial charge in [0.2, 0.25) is 0 Å². The van der Waals surface area contributed by atoms with Gasteiger partial charge >= 0.3 is 10.1 Å². The molecule has 0 radical (unpaired) electrons. The number of ether oxygens (including phenoxy) is 2. The van der Waals surface area contributed by atoms with Crippen LogP contribution in [0, 0.1) is 0 Å². The number of carbonyl (C=O) groups is 2. The minimum atomic E-state index is -4.22. The van der Waals surface area contributed by atoms with Crippen LogP contribution >= 0.6 is 11.6 Å². The number of halogens is 1. The minimum Gasteiger partial charge on any atom is -0.493 e. The summed E-state index contributed by atoms with van der Waals surface area (Å²) >= 11 is 5.91. The maximum absolute atomic E-state index is 13.2. The number of allylic oxidation sites excluding steroid dienone is 5. The molecule has 2 aromatic rings. The van der Waals surface area contributed by atoms with Crippen molar-refractivity contribution in [1.29, 1.82) is 0 Å². The predicted molar refractivity (Wildman–Crippen MR) is 142 cm³/mol. The molecule has 0 saturated heterocycles. The Morgan fingerprint density at radius 2 is 1.61 bits per heavy atom. The van der Waals surface area contributed by atoms with Crippen molar-refractivity contribution < 1.29 is 31.7 Å². The van der Waals surface area contributed by atoms with Crippen molar-refractivity contribution in [2.24, 2.45) is 0 Å². The van der Waals surface area contributed by atoms with Crippen molar-refractivity contribution in [2.45, 2.75) is 55.8 Å². The Balaban J connectivity index is 1.66. The fourth-order valence-electron chi connectivity index (χ4n) is 5.31. The second-order valence-electron chi connectivity index (χ2n) is 9.46. The van der Waals surface area contributed by atoms with Gasteiger partial charge < -0.3 is 13.7 Å². The largest absolute Gasteiger partial charge is 0.493 e. The molecule has 0 saturated carbocycles. The molecule has 7 nitrogen and oxygen atoms in total. The molecule has 0 N–H and O–H groups in total. The van der Waals surface area contributed by atoms with Crippen molar-refractivity contribution in [3.63, 3.8) is 0 Å². The van der Waals surface area contributed by atoms with E-state index in [0.29, 0.717) is 77.3 Å². The fourth-order valence-corrected chi connectivity index (χ4v) is 6.41. The highest BCUT2D eigenvalue weighted by molar-refractivity contribution is 7.87. The van der Waals surface area contributed by atoms with Gasteiger partial charge in [0.1, 0.15) is 16.4 Å². The summed E-state index contributed by atoms with van der Waals surface area (Å²) < 4.78 is 43.6. The Bertz CT molecular complexity index is 1460. The molecule has 1 heterocycles. The number of hydrogen-bond acceptors (Lipinski definition) is 7. The Morgan fingerprint density at radius 3 is 2.16 bits per heavy atom. The molecule has 198 valence electrons. The minimum absolute atomic E-state index is 0.0199. The van der Waals surface area contributed by atoms with Gasteiger partial charge in [0.25, 0.3) is 0 Å². The van der Waals surface area contributed by atoms with Crippen LogP contribution in [0.5, 0.6) is 11.5 Å². The second-order valence-corrected chi connectivity index (χ2v) is 11.4. The Labute approximate surface area is 226 Å². The van der Waals surface area contributed by atoms with Crippen molar-refractivity contribution >= 4 is 33.3 Å². The fraction of sp³-hybridized carbons (Fsp3) is 0.310. The third-order valence-corrected chi connectivity index (χ3v) is 8.50. The first kappa shape index (κ1) is 26.3. The molecule has 9 heteroatoms. The molecule has 2 aromatic carbocycles. The van der Waals surface area contributed by atoms with Crippen LogP contribution in [0.3, 0.4) is 0 Å². The third kappa shape index (κ3) is 4.78. The summed E-state index contributed by atoms with van der Waals surface area (Å²) in [6.45, 7) is 3.81. The highest BCUT2D eigenvalue weighted by atomic mass is 35.5. The molecule has 0 atom stereocenters. The van der Waals surface area contributed by atoms with E-state index < -0.39 is 16.0 Å². The summed E-state index contributed by atoms with van der Waals surface area (Å²) in [4.78, 5) is 26.3. The number of ketones is 2. The van der Waals surface area contributed by atoms with Crippen LogP contribution in [0.4, 0.5) is 0 Å². The Morgan fingerprint density at radius 1 is 1.00 bits per heavy atom. The van der Waals surface area contributed by atoms with E-state index in [1.54, 1.807) is 18.2 Å². The SMILES string of the molecule is C=CCc1cc(C2C3=C(CCCC3=O)OC3=C2C(=O)CCC3)cc(OC)c1OS(=O)(=O)c1ccc(Cl)cc1. The molecule has 0 amide bonds. The van der Waals surface area contributed by atoms with Crippen molar-refractivity contribution in [3.05, 3.63) is 87.9 Å². The van der Waals surface area contributed by atoms with Crippen LogP contribution in [-0.4, -0.2) is 27.1 Å². The molecule has 0 aromatic heterocycles. The van der Waals surface area contributed by atoms with Gasteiger partial charge in [0.15, 0.2) is 23.1 Å². The van der Waals surface area contributed by atoms with Gasteiger partial charge in [-0.3, -0.25) is 9.59 Å². The number of rotatable bonds is 7. The normalized spacial score (nSPS) is 18.1. The second kappa shape index (κ2) is 10.4. The van der Waals surface area contributed by atoms with Gasteiger partial charge in [-0.05, 0) is 55.2 Å². The molecular weight excluding hydrogens is 528 g/mol. The zero-order valence-corrected chi connectivity index (χ0v) is 22.5. The summed E-state index contributed by atoms with van der Waals surface area (Å²) in [6, 6.07) is 9.07. The molecule has 0 bridgehead atoms. The molecular formula is C29H27ClO7S. The van der Waals surface area contributed by atoms with E-state index >= 15 is 0 Å². The van der Waals surface area contributed by atoms with Gasteiger partial charge in [-0.1, -0.05) is 23.7 Å². The van der Waals surface area contributed by atoms with Crippen LogP contribution in [0.25, 0.3) is 0 Å². The lowest BCUT2D eigenvalue weighted by atomic mass is 9.73. The van der Waals surface area contributed by atoms with E-state index in [-0.39, 0.29) is 34.4 Å². The summed E-state index contributed by atoms with van der Waals surface area (Å²) in [7, 11) is -2.80. The van der Waals surface area contributed by atoms with Gasteiger partial charge in [-0.2, -0.15) is 8.42 Å². The smallest absolute Gasteiger partial charge is 0.339 e. The van der Waals surface area contributed by atoms with E-state index in [0.717, 1.165) is 0 Å². The standard InChI is InChI=1S/C29H27ClO7S/c1-3-6-17-15-18(16-25(35-2)29(17)37-38(33,34)20-13-11-19(30)12-14-20)26-27-21(31)7-4-9-23(27)36-24-10-5-8-22(32)28(24)26/h3,11-16,26H,1,4-10H2,2H3. The zero-order chi connectivity index (χ0) is 27.0. The molecule has 0 spiro atoms. The third-order valence-electron chi connectivity index (χ3n) is 7.01. The maximum atomic E-state index is 13.2. The van der Waals surface area contributed by atoms with E-state index in [1.807, 2.05) is 0 Å². The maximum Gasteiger partial charge on any atom is 0.339 e. The summed E-state index contributed by atoms with van der Waals surface area (Å²) in [5.41, 5.74) is 2.14.